The maximum atomic E-state index is 10.1. The van der Waals surface area contributed by atoms with Gasteiger partial charge in [-0.2, -0.15) is 5.26 Å². The highest BCUT2D eigenvalue weighted by Gasteiger charge is 2.24. The average Bonchev–Trinajstić information content (AvgIpc) is 2.53. The Morgan fingerprint density at radius 1 is 1.37 bits per heavy atom. The van der Waals surface area contributed by atoms with E-state index in [0.717, 1.165) is 44.5 Å². The molecule has 1 saturated heterocycles. The molecule has 0 amide bonds. The van der Waals surface area contributed by atoms with E-state index in [1.54, 1.807) is 0 Å². The third-order valence-electron chi connectivity index (χ3n) is 4.02. The highest BCUT2D eigenvalue weighted by molar-refractivity contribution is 5.37. The molecule has 1 aromatic rings. The fourth-order valence-electron chi connectivity index (χ4n) is 2.66. The predicted molar refractivity (Wildman–Crippen MR) is 75.6 cm³/mol. The maximum Gasteiger partial charge on any atom is 0.0991 e. The van der Waals surface area contributed by atoms with Crippen molar-refractivity contribution in [1.82, 2.24) is 4.90 Å². The Labute approximate surface area is 115 Å². The summed E-state index contributed by atoms with van der Waals surface area (Å²) in [6, 6.07) is 8.06. The van der Waals surface area contributed by atoms with Crippen molar-refractivity contribution >= 4 is 0 Å². The van der Waals surface area contributed by atoms with E-state index >= 15 is 0 Å². The third kappa shape index (κ3) is 3.79. The molecule has 0 aromatic heterocycles. The lowest BCUT2D eigenvalue weighted by atomic mass is 9.98. The number of nitrogens with zero attached hydrogens (tertiary/aromatic N) is 2. The Morgan fingerprint density at radius 2 is 2.16 bits per heavy atom. The number of hydrogen-bond acceptors (Lipinski definition) is 3. The standard InChI is InChI=1S/C16H22N2O/c1-13-10-14(11-17)4-5-15(13)12-18-8-3-6-16(2,19)7-9-18/h4-5,10,19H,3,6-9,12H2,1-2H3. The van der Waals surface area contributed by atoms with Crippen LogP contribution >= 0.6 is 0 Å². The molecule has 0 bridgehead atoms. The van der Waals surface area contributed by atoms with Crippen molar-refractivity contribution in [2.75, 3.05) is 13.1 Å². The minimum atomic E-state index is -0.505. The van der Waals surface area contributed by atoms with Gasteiger partial charge in [-0.05, 0) is 62.9 Å². The van der Waals surface area contributed by atoms with Gasteiger partial charge >= 0.3 is 0 Å². The summed E-state index contributed by atoms with van der Waals surface area (Å²) in [5.41, 5.74) is 2.67. The first-order chi connectivity index (χ1) is 9.00. The van der Waals surface area contributed by atoms with Gasteiger partial charge in [0.25, 0.3) is 0 Å². The van der Waals surface area contributed by atoms with Gasteiger partial charge in [-0.1, -0.05) is 6.07 Å². The lowest BCUT2D eigenvalue weighted by Gasteiger charge is -2.23. The molecule has 0 saturated carbocycles. The summed E-state index contributed by atoms with van der Waals surface area (Å²) in [6.45, 7) is 6.88. The molecule has 1 aromatic carbocycles. The Morgan fingerprint density at radius 3 is 2.84 bits per heavy atom. The summed E-state index contributed by atoms with van der Waals surface area (Å²) in [5, 5.41) is 19.0. The first kappa shape index (κ1) is 14.0. The Balaban J connectivity index is 2.03. The van der Waals surface area contributed by atoms with Gasteiger partial charge in [-0.25, -0.2) is 0 Å². The summed E-state index contributed by atoms with van der Waals surface area (Å²) in [6.07, 6.45) is 2.76. The molecule has 2 rings (SSSR count). The number of hydrogen-bond donors (Lipinski definition) is 1. The minimum Gasteiger partial charge on any atom is -0.390 e. The fourth-order valence-corrected chi connectivity index (χ4v) is 2.66. The summed E-state index contributed by atoms with van der Waals surface area (Å²) in [7, 11) is 0. The van der Waals surface area contributed by atoms with E-state index in [-0.39, 0.29) is 0 Å². The molecule has 0 aliphatic carbocycles. The monoisotopic (exact) mass is 258 g/mol. The molecular formula is C16H22N2O. The van der Waals surface area contributed by atoms with Crippen LogP contribution in [-0.4, -0.2) is 28.7 Å². The van der Waals surface area contributed by atoms with Crippen LogP contribution in [0.3, 0.4) is 0 Å². The normalized spacial score (nSPS) is 24.7. The van der Waals surface area contributed by atoms with E-state index in [1.165, 1.54) is 11.1 Å². The molecule has 1 N–H and O–H groups in total. The van der Waals surface area contributed by atoms with Crippen LogP contribution in [0, 0.1) is 18.3 Å². The number of aryl methyl sites for hydroxylation is 1. The van der Waals surface area contributed by atoms with Crippen molar-refractivity contribution in [3.05, 3.63) is 34.9 Å². The van der Waals surface area contributed by atoms with Gasteiger partial charge in [0.2, 0.25) is 0 Å². The maximum absolute atomic E-state index is 10.1. The Hall–Kier alpha value is -1.37. The second-order valence-electron chi connectivity index (χ2n) is 5.88. The number of benzene rings is 1. The van der Waals surface area contributed by atoms with E-state index in [1.807, 2.05) is 19.1 Å². The molecule has 3 nitrogen and oxygen atoms in total. The summed E-state index contributed by atoms with van der Waals surface area (Å²) in [5.74, 6) is 0. The van der Waals surface area contributed by atoms with Gasteiger partial charge < -0.3 is 5.11 Å². The number of likely N-dealkylation sites (tertiary alicyclic amines) is 1. The average molecular weight is 258 g/mol. The van der Waals surface area contributed by atoms with Gasteiger partial charge in [0, 0.05) is 13.1 Å². The van der Waals surface area contributed by atoms with Crippen LogP contribution in [0.15, 0.2) is 18.2 Å². The highest BCUT2D eigenvalue weighted by Crippen LogP contribution is 2.23. The van der Waals surface area contributed by atoms with Crippen molar-refractivity contribution in [1.29, 1.82) is 5.26 Å². The molecule has 0 radical (unpaired) electrons. The molecule has 1 unspecified atom stereocenters. The SMILES string of the molecule is Cc1cc(C#N)ccc1CN1CCCC(C)(O)CC1. The van der Waals surface area contributed by atoms with Gasteiger partial charge in [0.1, 0.15) is 0 Å². The minimum absolute atomic E-state index is 0.505. The van der Waals surface area contributed by atoms with Crippen molar-refractivity contribution in [2.45, 2.75) is 45.3 Å². The lowest BCUT2D eigenvalue weighted by Crippen LogP contribution is -2.28. The van der Waals surface area contributed by atoms with Gasteiger partial charge in [-0.15, -0.1) is 0 Å². The first-order valence-corrected chi connectivity index (χ1v) is 6.94. The molecule has 1 fully saturated rings. The van der Waals surface area contributed by atoms with Crippen molar-refractivity contribution < 1.29 is 5.11 Å². The van der Waals surface area contributed by atoms with Crippen molar-refractivity contribution in [3.8, 4) is 6.07 Å². The fraction of sp³-hybridized carbons (Fsp3) is 0.562. The quantitative estimate of drug-likeness (QED) is 0.887. The van der Waals surface area contributed by atoms with Crippen LogP contribution in [0.4, 0.5) is 0 Å². The van der Waals surface area contributed by atoms with Crippen molar-refractivity contribution in [2.24, 2.45) is 0 Å². The molecule has 1 atom stereocenters. The van der Waals surface area contributed by atoms with Crippen LogP contribution < -0.4 is 0 Å². The molecule has 1 aliphatic rings. The smallest absolute Gasteiger partial charge is 0.0991 e. The molecule has 102 valence electrons. The van der Waals surface area contributed by atoms with E-state index in [2.05, 4.69) is 24.0 Å². The molecule has 0 spiro atoms. The molecule has 3 heteroatoms. The second kappa shape index (κ2) is 5.73. The zero-order valence-electron chi connectivity index (χ0n) is 11.8. The molecule has 1 heterocycles. The van der Waals surface area contributed by atoms with Crippen LogP contribution in [0.5, 0.6) is 0 Å². The van der Waals surface area contributed by atoms with Crippen LogP contribution in [0.2, 0.25) is 0 Å². The van der Waals surface area contributed by atoms with Crippen LogP contribution in [0.25, 0.3) is 0 Å². The molecule has 1 aliphatic heterocycles. The highest BCUT2D eigenvalue weighted by atomic mass is 16.3. The van der Waals surface area contributed by atoms with E-state index in [9.17, 15) is 5.11 Å². The Kier molecular flexibility index (Phi) is 4.24. The second-order valence-corrected chi connectivity index (χ2v) is 5.88. The zero-order valence-corrected chi connectivity index (χ0v) is 11.8. The summed E-state index contributed by atoms with van der Waals surface area (Å²) in [4.78, 5) is 2.40. The number of rotatable bonds is 2. The summed E-state index contributed by atoms with van der Waals surface area (Å²) < 4.78 is 0. The number of aliphatic hydroxyl groups is 1. The van der Waals surface area contributed by atoms with E-state index in [4.69, 9.17) is 5.26 Å². The van der Waals surface area contributed by atoms with Gasteiger partial charge in [0.05, 0.1) is 17.2 Å². The molecule has 19 heavy (non-hydrogen) atoms. The zero-order chi connectivity index (χ0) is 13.9. The van der Waals surface area contributed by atoms with Crippen molar-refractivity contribution in [3.63, 3.8) is 0 Å². The Bertz CT molecular complexity index is 488. The number of nitriles is 1. The predicted octanol–water partition coefficient (Wildman–Crippen LogP) is 2.60. The third-order valence-corrected chi connectivity index (χ3v) is 4.02. The van der Waals surface area contributed by atoms with E-state index in [0.29, 0.717) is 0 Å². The van der Waals surface area contributed by atoms with Gasteiger partial charge in [-0.3, -0.25) is 4.90 Å². The van der Waals surface area contributed by atoms with Gasteiger partial charge in [0.15, 0.2) is 0 Å². The lowest BCUT2D eigenvalue weighted by molar-refractivity contribution is 0.0444. The largest absolute Gasteiger partial charge is 0.390 e. The van der Waals surface area contributed by atoms with Crippen LogP contribution in [-0.2, 0) is 6.54 Å². The first-order valence-electron chi connectivity index (χ1n) is 6.94. The summed E-state index contributed by atoms with van der Waals surface area (Å²) >= 11 is 0. The van der Waals surface area contributed by atoms with E-state index < -0.39 is 5.60 Å². The topological polar surface area (TPSA) is 47.3 Å². The molecular weight excluding hydrogens is 236 g/mol. The van der Waals surface area contributed by atoms with Crippen LogP contribution in [0.1, 0.15) is 42.9 Å².